The Morgan fingerprint density at radius 3 is 2.48 bits per heavy atom. The lowest BCUT2D eigenvalue weighted by molar-refractivity contribution is -0.114. The number of piperidine rings is 1. The van der Waals surface area contributed by atoms with E-state index in [4.69, 9.17) is 0 Å². The van der Waals surface area contributed by atoms with Crippen LogP contribution in [-0.2, 0) is 14.6 Å². The molecule has 1 N–H and O–H groups in total. The van der Waals surface area contributed by atoms with Gasteiger partial charge in [-0.1, -0.05) is 13.0 Å². The number of nitrogens with one attached hydrogen (secondary N) is 1. The molecular weight excluding hydrogens is 316 g/mol. The second-order valence-corrected chi connectivity index (χ2v) is 8.27. The first kappa shape index (κ1) is 17.5. The van der Waals surface area contributed by atoms with Gasteiger partial charge in [-0.2, -0.15) is 0 Å². The Balaban J connectivity index is 2.04. The third-order valence-corrected chi connectivity index (χ3v) is 6.36. The number of amides is 2. The molecule has 0 aromatic heterocycles. The van der Waals surface area contributed by atoms with Gasteiger partial charge in [0.2, 0.25) is 5.91 Å². The normalized spacial score (nSPS) is 16.2. The van der Waals surface area contributed by atoms with E-state index in [0.717, 1.165) is 0 Å². The summed E-state index contributed by atoms with van der Waals surface area (Å²) in [7, 11) is -3.04. The molecule has 1 heterocycles. The summed E-state index contributed by atoms with van der Waals surface area (Å²) < 4.78 is 23.8. The largest absolute Gasteiger partial charge is 0.339 e. The number of carbonyl (C=O) groups is 2. The minimum Gasteiger partial charge on any atom is -0.339 e. The van der Waals surface area contributed by atoms with Crippen LogP contribution in [0.25, 0.3) is 0 Å². The van der Waals surface area contributed by atoms with Gasteiger partial charge in [0.25, 0.3) is 5.91 Å². The van der Waals surface area contributed by atoms with Crippen LogP contribution < -0.4 is 5.32 Å². The molecule has 1 aliphatic rings. The average Bonchev–Trinajstić information content (AvgIpc) is 2.54. The molecule has 1 saturated heterocycles. The molecule has 126 valence electrons. The van der Waals surface area contributed by atoms with Crippen LogP contribution in [0.3, 0.4) is 0 Å². The number of hydrogen-bond donors (Lipinski definition) is 1. The van der Waals surface area contributed by atoms with Crippen molar-refractivity contribution >= 4 is 27.3 Å². The Kier molecular flexibility index (Phi) is 5.41. The van der Waals surface area contributed by atoms with Crippen molar-refractivity contribution in [3.05, 3.63) is 29.8 Å². The van der Waals surface area contributed by atoms with Gasteiger partial charge in [0.05, 0.1) is 5.25 Å². The molecule has 0 unspecified atom stereocenters. The van der Waals surface area contributed by atoms with Crippen molar-refractivity contribution in [3.8, 4) is 0 Å². The van der Waals surface area contributed by atoms with E-state index in [-0.39, 0.29) is 22.8 Å². The zero-order valence-corrected chi connectivity index (χ0v) is 14.2. The summed E-state index contributed by atoms with van der Waals surface area (Å²) in [4.78, 5) is 25.3. The van der Waals surface area contributed by atoms with Crippen LogP contribution in [0.1, 0.15) is 37.0 Å². The van der Waals surface area contributed by atoms with E-state index in [1.165, 1.54) is 6.92 Å². The monoisotopic (exact) mass is 338 g/mol. The standard InChI is InChI=1S/C16H22N2O4S/c1-3-23(21,22)15-7-9-18(10-8-15)16(20)13-5-4-6-14(11-13)17-12(2)19/h4-6,11,15H,3,7-10H2,1-2H3,(H,17,19). The van der Waals surface area contributed by atoms with Crippen molar-refractivity contribution < 1.29 is 18.0 Å². The predicted octanol–water partition coefficient (Wildman–Crippen LogP) is 1.68. The average molecular weight is 338 g/mol. The van der Waals surface area contributed by atoms with Gasteiger partial charge in [-0.3, -0.25) is 9.59 Å². The van der Waals surface area contributed by atoms with Crippen LogP contribution in [0.5, 0.6) is 0 Å². The molecule has 7 heteroatoms. The number of nitrogens with zero attached hydrogens (tertiary/aromatic N) is 1. The molecule has 1 aliphatic heterocycles. The molecule has 0 spiro atoms. The Bertz CT molecular complexity index is 692. The smallest absolute Gasteiger partial charge is 0.253 e. The van der Waals surface area contributed by atoms with Crippen LogP contribution >= 0.6 is 0 Å². The number of anilines is 1. The molecule has 0 aliphatic carbocycles. The SMILES string of the molecule is CCS(=O)(=O)C1CCN(C(=O)c2cccc(NC(C)=O)c2)CC1. The predicted molar refractivity (Wildman–Crippen MR) is 89.1 cm³/mol. The van der Waals surface area contributed by atoms with Crippen LogP contribution in [0, 0.1) is 0 Å². The number of benzene rings is 1. The Morgan fingerprint density at radius 2 is 1.91 bits per heavy atom. The van der Waals surface area contributed by atoms with Gasteiger partial charge in [-0.05, 0) is 31.0 Å². The Labute approximate surface area is 136 Å². The first-order valence-electron chi connectivity index (χ1n) is 7.72. The van der Waals surface area contributed by atoms with Gasteiger partial charge in [-0.25, -0.2) is 8.42 Å². The highest BCUT2D eigenvalue weighted by Gasteiger charge is 2.30. The minimum absolute atomic E-state index is 0.135. The van der Waals surface area contributed by atoms with E-state index < -0.39 is 9.84 Å². The number of hydrogen-bond acceptors (Lipinski definition) is 4. The highest BCUT2D eigenvalue weighted by Crippen LogP contribution is 2.21. The van der Waals surface area contributed by atoms with Gasteiger partial charge in [0.1, 0.15) is 0 Å². The van der Waals surface area contributed by atoms with Gasteiger partial charge >= 0.3 is 0 Å². The van der Waals surface area contributed by atoms with Crippen molar-refractivity contribution in [2.24, 2.45) is 0 Å². The first-order chi connectivity index (χ1) is 10.8. The van der Waals surface area contributed by atoms with Crippen molar-refractivity contribution in [3.63, 3.8) is 0 Å². The number of likely N-dealkylation sites (tertiary alicyclic amines) is 1. The van der Waals surface area contributed by atoms with Crippen LogP contribution in [0.15, 0.2) is 24.3 Å². The lowest BCUT2D eigenvalue weighted by Crippen LogP contribution is -2.42. The van der Waals surface area contributed by atoms with Crippen molar-refractivity contribution in [1.29, 1.82) is 0 Å². The maximum atomic E-state index is 12.5. The number of carbonyl (C=O) groups excluding carboxylic acids is 2. The molecule has 23 heavy (non-hydrogen) atoms. The van der Waals surface area contributed by atoms with Crippen molar-refractivity contribution in [2.45, 2.75) is 31.9 Å². The number of sulfone groups is 1. The first-order valence-corrected chi connectivity index (χ1v) is 9.43. The summed E-state index contributed by atoms with van der Waals surface area (Å²) in [5.41, 5.74) is 1.07. The van der Waals surface area contributed by atoms with Gasteiger partial charge in [-0.15, -0.1) is 0 Å². The van der Waals surface area contributed by atoms with E-state index in [1.54, 1.807) is 36.1 Å². The third kappa shape index (κ3) is 4.31. The van der Waals surface area contributed by atoms with E-state index in [9.17, 15) is 18.0 Å². The van der Waals surface area contributed by atoms with E-state index >= 15 is 0 Å². The molecule has 1 fully saturated rings. The molecule has 2 amide bonds. The molecule has 1 aromatic carbocycles. The fraction of sp³-hybridized carbons (Fsp3) is 0.500. The topological polar surface area (TPSA) is 83.6 Å². The summed E-state index contributed by atoms with van der Waals surface area (Å²) in [6.45, 7) is 3.94. The zero-order valence-electron chi connectivity index (χ0n) is 13.4. The molecule has 0 saturated carbocycles. The van der Waals surface area contributed by atoms with Crippen LogP contribution in [-0.4, -0.2) is 49.2 Å². The number of rotatable bonds is 4. The fourth-order valence-electron chi connectivity index (χ4n) is 2.77. The summed E-state index contributed by atoms with van der Waals surface area (Å²) in [5.74, 6) is -0.186. The Hall–Kier alpha value is -1.89. The zero-order chi connectivity index (χ0) is 17.0. The summed E-state index contributed by atoms with van der Waals surface area (Å²) in [6, 6.07) is 6.77. The lowest BCUT2D eigenvalue weighted by atomic mass is 10.1. The van der Waals surface area contributed by atoms with Gasteiger partial charge in [0.15, 0.2) is 9.84 Å². The summed E-state index contributed by atoms with van der Waals surface area (Å²) >= 11 is 0. The Morgan fingerprint density at radius 1 is 1.26 bits per heavy atom. The van der Waals surface area contributed by atoms with Crippen LogP contribution in [0.4, 0.5) is 5.69 Å². The highest BCUT2D eigenvalue weighted by molar-refractivity contribution is 7.92. The van der Waals surface area contributed by atoms with E-state index in [1.807, 2.05) is 0 Å². The molecular formula is C16H22N2O4S. The maximum absolute atomic E-state index is 12.5. The maximum Gasteiger partial charge on any atom is 0.253 e. The molecule has 1 aromatic rings. The minimum atomic E-state index is -3.04. The van der Waals surface area contributed by atoms with E-state index in [0.29, 0.717) is 37.2 Å². The third-order valence-electron chi connectivity index (χ3n) is 4.07. The van der Waals surface area contributed by atoms with Crippen molar-refractivity contribution in [1.82, 2.24) is 4.90 Å². The van der Waals surface area contributed by atoms with Gasteiger partial charge < -0.3 is 10.2 Å². The molecule has 0 bridgehead atoms. The summed E-state index contributed by atoms with van der Waals surface area (Å²) in [6.07, 6.45) is 0.959. The molecule has 6 nitrogen and oxygen atoms in total. The summed E-state index contributed by atoms with van der Waals surface area (Å²) in [5, 5.41) is 2.30. The second kappa shape index (κ2) is 7.12. The second-order valence-electron chi connectivity index (χ2n) is 5.71. The lowest BCUT2D eigenvalue weighted by Gasteiger charge is -2.31. The quantitative estimate of drug-likeness (QED) is 0.905. The molecule has 0 atom stereocenters. The highest BCUT2D eigenvalue weighted by atomic mass is 32.2. The molecule has 2 rings (SSSR count). The van der Waals surface area contributed by atoms with Crippen molar-refractivity contribution in [2.75, 3.05) is 24.2 Å². The van der Waals surface area contributed by atoms with Crippen LogP contribution in [0.2, 0.25) is 0 Å². The molecule has 0 radical (unpaired) electrons. The fourth-order valence-corrected chi connectivity index (χ4v) is 4.17. The van der Waals surface area contributed by atoms with Gasteiger partial charge in [0, 0.05) is 37.0 Å². The van der Waals surface area contributed by atoms with E-state index in [2.05, 4.69) is 5.32 Å².